The van der Waals surface area contributed by atoms with E-state index in [1.165, 1.54) is 6.42 Å². The summed E-state index contributed by atoms with van der Waals surface area (Å²) in [6.45, 7) is 2.10. The lowest BCUT2D eigenvalue weighted by molar-refractivity contribution is -0.383. The Morgan fingerprint density at radius 1 is 1.16 bits per heavy atom. The van der Waals surface area contributed by atoms with E-state index < -0.39 is 33.6 Å². The number of nitrogens with two attached hydrogens (primary N) is 1. The number of hydrogen-bond acceptors (Lipinski definition) is 6. The van der Waals surface area contributed by atoms with E-state index in [9.17, 15) is 14.9 Å². The van der Waals surface area contributed by atoms with Crippen molar-refractivity contribution in [2.45, 2.75) is 51.2 Å². The molecule has 1 fully saturated rings. The van der Waals surface area contributed by atoms with Gasteiger partial charge in [-0.1, -0.05) is 55.7 Å². The minimum atomic E-state index is -1.07. The topological polar surface area (TPSA) is 113 Å². The molecule has 1 aliphatic carbocycles. The van der Waals surface area contributed by atoms with Crippen LogP contribution in [0.25, 0.3) is 22.2 Å². The smallest absolute Gasteiger partial charge is 0.343 e. The summed E-state index contributed by atoms with van der Waals surface area (Å²) in [4.78, 5) is 28.5. The molecule has 0 spiro atoms. The Morgan fingerprint density at radius 3 is 2.59 bits per heavy atom. The second-order valence-electron chi connectivity index (χ2n) is 9.74. The van der Waals surface area contributed by atoms with Crippen molar-refractivity contribution in [1.29, 1.82) is 0 Å². The van der Waals surface area contributed by atoms with Crippen LogP contribution in [0.15, 0.2) is 60.9 Å². The third-order valence-electron chi connectivity index (χ3n) is 7.26. The largest absolute Gasteiger partial charge is 0.457 e. The number of halogens is 1. The molecule has 3 aromatic carbocycles. The number of nitrogens with zero attached hydrogens (tertiary/aromatic N) is 3. The number of anilines is 1. The van der Waals surface area contributed by atoms with Gasteiger partial charge in [0.2, 0.25) is 0 Å². The summed E-state index contributed by atoms with van der Waals surface area (Å²) in [5.41, 5.74) is 6.80. The van der Waals surface area contributed by atoms with Crippen molar-refractivity contribution in [2.75, 3.05) is 5.73 Å². The number of aromatic nitrogens is 2. The Hall–Kier alpha value is -4.27. The number of imidazole rings is 1. The average Bonchev–Trinajstić information content (AvgIpc) is 3.32. The number of nitro benzene ring substituents is 1. The van der Waals surface area contributed by atoms with E-state index in [1.54, 1.807) is 42.7 Å². The molecule has 1 saturated carbocycles. The molecule has 0 saturated heterocycles. The van der Waals surface area contributed by atoms with Crippen molar-refractivity contribution in [3.05, 3.63) is 88.0 Å². The van der Waals surface area contributed by atoms with Gasteiger partial charge >= 0.3 is 11.7 Å². The van der Waals surface area contributed by atoms with E-state index in [-0.39, 0.29) is 17.7 Å². The number of hydrogen-bond donors (Lipinski definition) is 1. The Bertz CT molecular complexity index is 1490. The van der Waals surface area contributed by atoms with Gasteiger partial charge in [0.15, 0.2) is 0 Å². The van der Waals surface area contributed by atoms with Gasteiger partial charge < -0.3 is 15.0 Å². The summed E-state index contributed by atoms with van der Waals surface area (Å²) in [6.07, 6.45) is 7.43. The molecule has 2 N–H and O–H groups in total. The highest BCUT2D eigenvalue weighted by Gasteiger charge is 2.32. The van der Waals surface area contributed by atoms with Crippen LogP contribution in [0.3, 0.4) is 0 Å². The first kappa shape index (κ1) is 24.4. The minimum Gasteiger partial charge on any atom is -0.457 e. The van der Waals surface area contributed by atoms with Crippen molar-refractivity contribution in [3.63, 3.8) is 0 Å². The lowest BCUT2D eigenvalue weighted by Crippen LogP contribution is -2.31. The molecule has 1 heterocycles. The maximum absolute atomic E-state index is 15.2. The second-order valence-corrected chi connectivity index (χ2v) is 9.74. The van der Waals surface area contributed by atoms with Crippen molar-refractivity contribution in [1.82, 2.24) is 9.55 Å². The van der Waals surface area contributed by atoms with Crippen LogP contribution in [0.4, 0.5) is 15.8 Å². The van der Waals surface area contributed by atoms with Crippen LogP contribution < -0.4 is 5.73 Å². The number of carbonyl (C=O) groups is 1. The van der Waals surface area contributed by atoms with Gasteiger partial charge in [-0.15, -0.1) is 0 Å². The summed E-state index contributed by atoms with van der Waals surface area (Å²) in [7, 11) is 0. The minimum absolute atomic E-state index is 0.0278. The van der Waals surface area contributed by atoms with E-state index in [4.69, 9.17) is 10.5 Å². The van der Waals surface area contributed by atoms with E-state index in [0.717, 1.165) is 37.3 Å². The molecule has 8 nitrogen and oxygen atoms in total. The molecule has 0 unspecified atom stereocenters. The van der Waals surface area contributed by atoms with Crippen LogP contribution in [0.2, 0.25) is 0 Å². The van der Waals surface area contributed by atoms with Crippen LogP contribution in [0.1, 0.15) is 54.9 Å². The van der Waals surface area contributed by atoms with E-state index in [2.05, 4.69) is 16.5 Å². The van der Waals surface area contributed by atoms with Crippen molar-refractivity contribution >= 4 is 28.4 Å². The molecule has 37 heavy (non-hydrogen) atoms. The highest BCUT2D eigenvalue weighted by Crippen LogP contribution is 2.41. The van der Waals surface area contributed by atoms with Crippen LogP contribution >= 0.6 is 0 Å². The molecule has 0 aliphatic heterocycles. The van der Waals surface area contributed by atoms with Gasteiger partial charge in [-0.2, -0.15) is 0 Å². The zero-order valence-electron chi connectivity index (χ0n) is 20.4. The van der Waals surface area contributed by atoms with Gasteiger partial charge in [-0.25, -0.2) is 14.2 Å². The number of rotatable bonds is 6. The van der Waals surface area contributed by atoms with E-state index in [0.29, 0.717) is 16.6 Å². The molecule has 4 aromatic rings. The second kappa shape index (κ2) is 9.65. The molecular weight excluding hydrogens is 475 g/mol. The summed E-state index contributed by atoms with van der Waals surface area (Å²) in [5.74, 6) is -2.06. The Labute approximate surface area is 213 Å². The molecule has 0 atom stereocenters. The first-order valence-electron chi connectivity index (χ1n) is 12.2. The molecule has 190 valence electrons. The highest BCUT2D eigenvalue weighted by molar-refractivity contribution is 6.01. The number of nitro groups is 1. The van der Waals surface area contributed by atoms with Gasteiger partial charge in [0, 0.05) is 5.54 Å². The molecule has 5 rings (SSSR count). The van der Waals surface area contributed by atoms with E-state index >= 15 is 4.39 Å². The van der Waals surface area contributed by atoms with Gasteiger partial charge in [0.05, 0.1) is 27.8 Å². The molecule has 1 aliphatic rings. The normalized spacial score (nSPS) is 15.0. The van der Waals surface area contributed by atoms with Crippen LogP contribution in [-0.2, 0) is 16.9 Å². The highest BCUT2D eigenvalue weighted by atomic mass is 19.1. The third-order valence-corrected chi connectivity index (χ3v) is 7.26. The third kappa shape index (κ3) is 4.52. The first-order valence-corrected chi connectivity index (χ1v) is 12.2. The van der Waals surface area contributed by atoms with Gasteiger partial charge in [-0.3, -0.25) is 10.1 Å². The maximum Gasteiger partial charge on any atom is 0.343 e. The predicted octanol–water partition coefficient (Wildman–Crippen LogP) is 6.37. The van der Waals surface area contributed by atoms with Gasteiger partial charge in [0.1, 0.15) is 23.7 Å². The zero-order chi connectivity index (χ0) is 26.2. The Balaban J connectivity index is 1.52. The fourth-order valence-electron chi connectivity index (χ4n) is 5.24. The maximum atomic E-state index is 15.2. The van der Waals surface area contributed by atoms with Gasteiger partial charge in [0.25, 0.3) is 0 Å². The predicted molar refractivity (Wildman–Crippen MR) is 138 cm³/mol. The summed E-state index contributed by atoms with van der Waals surface area (Å²) >= 11 is 0. The number of carbonyl (C=O) groups excluding carboxylic acids is 1. The summed E-state index contributed by atoms with van der Waals surface area (Å²) < 4.78 is 22.6. The lowest BCUT2D eigenvalue weighted by atomic mass is 9.83. The Kier molecular flexibility index (Phi) is 6.37. The number of nitrogen functional groups attached to an aromatic ring is 1. The zero-order valence-corrected chi connectivity index (χ0v) is 20.4. The number of benzene rings is 3. The number of esters is 1. The molecule has 1 aromatic heterocycles. The first-order chi connectivity index (χ1) is 17.8. The average molecular weight is 503 g/mol. The van der Waals surface area contributed by atoms with Crippen LogP contribution in [-0.4, -0.2) is 20.4 Å². The molecular formula is C28H27FN4O4. The fourth-order valence-corrected chi connectivity index (χ4v) is 5.24. The standard InChI is InChI=1S/C28H27FN4O4/c1-28(12-6-3-7-13-28)32-17-31-22-14-19(10-11-23(22)32)20-15-21(29)24(25(30)26(20)33(35)36)27(34)37-16-18-8-4-2-5-9-18/h2,4-5,8-11,14-15,17H,3,6-7,12-13,16,30H2,1H3. The van der Waals surface area contributed by atoms with Crippen LogP contribution in [0, 0.1) is 15.9 Å². The molecule has 0 bridgehead atoms. The quantitative estimate of drug-likeness (QED) is 0.142. The SMILES string of the molecule is CC1(n2cnc3cc(-c4cc(F)c(C(=O)OCc5ccccc5)c(N)c4[N+](=O)[O-])ccc32)CCCCC1. The molecule has 9 heteroatoms. The van der Waals surface area contributed by atoms with Gasteiger partial charge in [-0.05, 0) is 49.1 Å². The molecule has 0 radical (unpaired) electrons. The monoisotopic (exact) mass is 502 g/mol. The van der Waals surface area contributed by atoms with Crippen LogP contribution in [0.5, 0.6) is 0 Å². The fraction of sp³-hybridized carbons (Fsp3) is 0.286. The number of ether oxygens (including phenoxy) is 1. The van der Waals surface area contributed by atoms with Crippen molar-refractivity contribution < 1.29 is 18.8 Å². The Morgan fingerprint density at radius 2 is 1.89 bits per heavy atom. The summed E-state index contributed by atoms with van der Waals surface area (Å²) in [6, 6.07) is 15.0. The van der Waals surface area contributed by atoms with Crippen molar-refractivity contribution in [2.24, 2.45) is 0 Å². The van der Waals surface area contributed by atoms with Crippen molar-refractivity contribution in [3.8, 4) is 11.1 Å². The number of fused-ring (bicyclic) bond motifs is 1. The van der Waals surface area contributed by atoms with E-state index in [1.807, 2.05) is 12.1 Å². The summed E-state index contributed by atoms with van der Waals surface area (Å²) in [5, 5.41) is 12.0. The molecule has 0 amide bonds. The lowest BCUT2D eigenvalue weighted by Gasteiger charge is -2.35.